The molecule has 2 saturated carbocycles. The van der Waals surface area contributed by atoms with Crippen LogP contribution < -0.4 is 11.1 Å². The molecule has 0 radical (unpaired) electrons. The molecule has 4 heteroatoms. The predicted octanol–water partition coefficient (Wildman–Crippen LogP) is 3.05. The average molecular weight is 301 g/mol. The van der Waals surface area contributed by atoms with Crippen molar-refractivity contribution in [3.8, 4) is 0 Å². The lowest BCUT2D eigenvalue weighted by atomic mass is 9.98. The van der Waals surface area contributed by atoms with Gasteiger partial charge in [0.25, 0.3) is 0 Å². The second-order valence-electron chi connectivity index (χ2n) is 6.93. The second-order valence-corrected chi connectivity index (χ2v) is 7.37. The first-order chi connectivity index (χ1) is 10.2. The molecule has 0 aromatic carbocycles. The lowest BCUT2D eigenvalue weighted by Crippen LogP contribution is -2.22. The van der Waals surface area contributed by atoms with Crippen LogP contribution in [0.2, 0.25) is 0 Å². The van der Waals surface area contributed by atoms with E-state index in [9.17, 15) is 0 Å². The van der Waals surface area contributed by atoms with E-state index in [4.69, 9.17) is 22.9 Å². The number of nitrogens with one attached hydrogen (secondary N) is 1. The fourth-order valence-electron chi connectivity index (χ4n) is 3.78. The molecule has 4 rings (SSSR count). The molecule has 1 aromatic rings. The maximum Gasteiger partial charge on any atom is 0.136 e. The van der Waals surface area contributed by atoms with Gasteiger partial charge in [-0.3, -0.25) is 0 Å². The maximum absolute atomic E-state index is 5.91. The molecule has 2 fully saturated rings. The van der Waals surface area contributed by atoms with Gasteiger partial charge in [-0.2, -0.15) is 0 Å². The number of aromatic nitrogens is 1. The van der Waals surface area contributed by atoms with Gasteiger partial charge in [-0.15, -0.1) is 0 Å². The van der Waals surface area contributed by atoms with Crippen LogP contribution in [-0.4, -0.2) is 16.5 Å². The summed E-state index contributed by atoms with van der Waals surface area (Å²) < 4.78 is 0. The SMILES string of the molecule is NC(=S)c1cc2c(nc1NCC(C1CC1)C1CC1)CCC2. The third kappa shape index (κ3) is 2.78. The van der Waals surface area contributed by atoms with Gasteiger partial charge >= 0.3 is 0 Å². The molecule has 0 bridgehead atoms. The van der Waals surface area contributed by atoms with Crippen molar-refractivity contribution >= 4 is 23.0 Å². The Bertz CT molecular complexity index is 564. The van der Waals surface area contributed by atoms with Crippen LogP contribution in [0.1, 0.15) is 48.9 Å². The summed E-state index contributed by atoms with van der Waals surface area (Å²) in [5.41, 5.74) is 9.43. The first kappa shape index (κ1) is 13.5. The topological polar surface area (TPSA) is 50.9 Å². The summed E-state index contributed by atoms with van der Waals surface area (Å²) in [5, 5.41) is 3.59. The van der Waals surface area contributed by atoms with E-state index < -0.39 is 0 Å². The average Bonchev–Trinajstić information content (AvgIpc) is 3.37. The Balaban J connectivity index is 1.54. The summed E-state index contributed by atoms with van der Waals surface area (Å²) in [6, 6.07) is 2.17. The standard InChI is InChI=1S/C17H23N3S/c18-16(21)13-8-12-2-1-3-15(12)20-17(13)19-9-14(10-4-5-10)11-6-7-11/h8,10-11,14H,1-7,9H2,(H2,18,21)(H,19,20). The highest BCUT2D eigenvalue weighted by molar-refractivity contribution is 7.80. The third-order valence-electron chi connectivity index (χ3n) is 5.28. The summed E-state index contributed by atoms with van der Waals surface area (Å²) in [7, 11) is 0. The fourth-order valence-corrected chi connectivity index (χ4v) is 3.93. The van der Waals surface area contributed by atoms with Crippen molar-refractivity contribution in [3.05, 3.63) is 22.9 Å². The highest BCUT2D eigenvalue weighted by Crippen LogP contribution is 2.49. The van der Waals surface area contributed by atoms with Crippen LogP contribution >= 0.6 is 12.2 Å². The molecule has 112 valence electrons. The zero-order chi connectivity index (χ0) is 14.4. The Morgan fingerprint density at radius 3 is 2.62 bits per heavy atom. The lowest BCUT2D eigenvalue weighted by molar-refractivity contribution is 0.427. The monoisotopic (exact) mass is 301 g/mol. The van der Waals surface area contributed by atoms with Gasteiger partial charge < -0.3 is 11.1 Å². The number of hydrogen-bond acceptors (Lipinski definition) is 3. The zero-order valence-corrected chi connectivity index (χ0v) is 13.2. The van der Waals surface area contributed by atoms with Crippen LogP contribution in [0, 0.1) is 17.8 Å². The first-order valence-corrected chi connectivity index (χ1v) is 8.69. The summed E-state index contributed by atoms with van der Waals surface area (Å²) in [5.74, 6) is 3.66. The van der Waals surface area contributed by atoms with Gasteiger partial charge in [-0.1, -0.05) is 12.2 Å². The Morgan fingerprint density at radius 2 is 2.00 bits per heavy atom. The Labute approximate surface area is 131 Å². The van der Waals surface area contributed by atoms with E-state index in [1.165, 1.54) is 43.4 Å². The lowest BCUT2D eigenvalue weighted by Gasteiger charge is -2.19. The van der Waals surface area contributed by atoms with Crippen molar-refractivity contribution in [3.63, 3.8) is 0 Å². The van der Waals surface area contributed by atoms with Crippen LogP contribution in [-0.2, 0) is 12.8 Å². The number of thiocarbonyl (C=S) groups is 1. The van der Waals surface area contributed by atoms with Gasteiger partial charge in [-0.25, -0.2) is 4.98 Å². The van der Waals surface area contributed by atoms with E-state index >= 15 is 0 Å². The minimum atomic E-state index is 0.467. The first-order valence-electron chi connectivity index (χ1n) is 8.29. The quantitative estimate of drug-likeness (QED) is 0.793. The van der Waals surface area contributed by atoms with Crippen LogP contribution in [0.15, 0.2) is 6.07 Å². The molecule has 0 atom stereocenters. The van der Waals surface area contributed by atoms with E-state index in [-0.39, 0.29) is 0 Å². The van der Waals surface area contributed by atoms with Gasteiger partial charge in [0.05, 0.1) is 5.56 Å². The molecule has 0 unspecified atom stereocenters. The molecule has 0 amide bonds. The Hall–Kier alpha value is -1.16. The van der Waals surface area contributed by atoms with Crippen molar-refractivity contribution in [2.75, 3.05) is 11.9 Å². The van der Waals surface area contributed by atoms with Crippen LogP contribution in [0.3, 0.4) is 0 Å². The van der Waals surface area contributed by atoms with E-state index in [0.717, 1.165) is 48.5 Å². The number of anilines is 1. The molecule has 3 nitrogen and oxygen atoms in total. The van der Waals surface area contributed by atoms with Crippen molar-refractivity contribution in [2.45, 2.75) is 44.9 Å². The fraction of sp³-hybridized carbons (Fsp3) is 0.647. The highest BCUT2D eigenvalue weighted by Gasteiger charge is 2.41. The van der Waals surface area contributed by atoms with E-state index in [1.54, 1.807) is 0 Å². The number of aryl methyl sites for hydroxylation is 2. The van der Waals surface area contributed by atoms with E-state index in [0.29, 0.717) is 4.99 Å². The molecule has 21 heavy (non-hydrogen) atoms. The van der Waals surface area contributed by atoms with Crippen molar-refractivity contribution in [1.82, 2.24) is 4.98 Å². The number of rotatable bonds is 6. The maximum atomic E-state index is 5.91. The Kier molecular flexibility index (Phi) is 3.37. The van der Waals surface area contributed by atoms with Gasteiger partial charge in [0.1, 0.15) is 10.8 Å². The molecule has 1 aromatic heterocycles. The van der Waals surface area contributed by atoms with Gasteiger partial charge in [0.15, 0.2) is 0 Å². The highest BCUT2D eigenvalue weighted by atomic mass is 32.1. The van der Waals surface area contributed by atoms with Crippen LogP contribution in [0.5, 0.6) is 0 Å². The molecule has 0 saturated heterocycles. The second kappa shape index (κ2) is 5.24. The third-order valence-corrected chi connectivity index (χ3v) is 5.50. The molecule has 0 spiro atoms. The molecule has 3 N–H and O–H groups in total. The molecular weight excluding hydrogens is 278 g/mol. The van der Waals surface area contributed by atoms with Crippen molar-refractivity contribution < 1.29 is 0 Å². The molecule has 0 aliphatic heterocycles. The normalized spacial score (nSPS) is 20.6. The van der Waals surface area contributed by atoms with Gasteiger partial charge in [-0.05, 0) is 74.3 Å². The summed E-state index contributed by atoms with van der Waals surface area (Å²) in [4.78, 5) is 5.29. The smallest absolute Gasteiger partial charge is 0.136 e. The minimum Gasteiger partial charge on any atom is -0.389 e. The number of pyridine rings is 1. The minimum absolute atomic E-state index is 0.467. The number of nitrogens with zero attached hydrogens (tertiary/aromatic N) is 1. The number of nitrogens with two attached hydrogens (primary N) is 1. The Morgan fingerprint density at radius 1 is 1.29 bits per heavy atom. The molecule has 3 aliphatic carbocycles. The summed E-state index contributed by atoms with van der Waals surface area (Å²) in [6.45, 7) is 1.04. The largest absolute Gasteiger partial charge is 0.389 e. The number of fused-ring (bicyclic) bond motifs is 1. The predicted molar refractivity (Wildman–Crippen MR) is 89.6 cm³/mol. The van der Waals surface area contributed by atoms with Gasteiger partial charge in [0, 0.05) is 12.2 Å². The van der Waals surface area contributed by atoms with Crippen molar-refractivity contribution in [2.24, 2.45) is 23.5 Å². The van der Waals surface area contributed by atoms with Crippen LogP contribution in [0.4, 0.5) is 5.82 Å². The molecule has 1 heterocycles. The summed E-state index contributed by atoms with van der Waals surface area (Å²) >= 11 is 5.23. The van der Waals surface area contributed by atoms with E-state index in [1.807, 2.05) is 0 Å². The molecular formula is C17H23N3S. The van der Waals surface area contributed by atoms with Crippen LogP contribution in [0.25, 0.3) is 0 Å². The van der Waals surface area contributed by atoms with Gasteiger partial charge in [0.2, 0.25) is 0 Å². The van der Waals surface area contributed by atoms with Crippen molar-refractivity contribution in [1.29, 1.82) is 0 Å². The molecule has 3 aliphatic rings. The number of hydrogen-bond donors (Lipinski definition) is 2. The zero-order valence-electron chi connectivity index (χ0n) is 12.4. The summed E-state index contributed by atoms with van der Waals surface area (Å²) in [6.07, 6.45) is 9.09. The van der Waals surface area contributed by atoms with E-state index in [2.05, 4.69) is 11.4 Å².